The number of aryl methyl sites for hydroxylation is 2. The third-order valence-corrected chi connectivity index (χ3v) is 6.58. The van der Waals surface area contributed by atoms with E-state index in [1.165, 1.54) is 23.5 Å². The molecule has 3 aromatic rings. The van der Waals surface area contributed by atoms with Crippen LogP contribution in [0.3, 0.4) is 0 Å². The van der Waals surface area contributed by atoms with Gasteiger partial charge in [-0.3, -0.25) is 14.9 Å². The summed E-state index contributed by atoms with van der Waals surface area (Å²) in [6.07, 6.45) is 2.45. The van der Waals surface area contributed by atoms with E-state index < -0.39 is 4.92 Å². The van der Waals surface area contributed by atoms with E-state index in [1.807, 2.05) is 32.0 Å². The first kappa shape index (κ1) is 21.9. The summed E-state index contributed by atoms with van der Waals surface area (Å²) in [5, 5.41) is 14.1. The number of hydrogen-bond acceptors (Lipinski definition) is 7. The fourth-order valence-corrected chi connectivity index (χ4v) is 4.52. The molecule has 1 amide bonds. The molecular formula is C23H25N5O3S. The number of nitrogens with zero attached hydrogens (tertiary/aromatic N) is 4. The van der Waals surface area contributed by atoms with Crippen LogP contribution >= 0.6 is 11.3 Å². The molecule has 0 unspecified atom stereocenters. The average molecular weight is 452 g/mol. The lowest BCUT2D eigenvalue weighted by molar-refractivity contribution is -0.384. The van der Waals surface area contributed by atoms with Crippen molar-refractivity contribution in [1.82, 2.24) is 15.3 Å². The average Bonchev–Trinajstić information content (AvgIpc) is 3.25. The Morgan fingerprint density at radius 2 is 1.91 bits per heavy atom. The van der Waals surface area contributed by atoms with Crippen LogP contribution in [0, 0.1) is 17.0 Å². The molecule has 0 saturated carbocycles. The van der Waals surface area contributed by atoms with Crippen LogP contribution in [0.15, 0.2) is 42.5 Å². The van der Waals surface area contributed by atoms with Gasteiger partial charge in [0.15, 0.2) is 5.82 Å². The van der Waals surface area contributed by atoms with E-state index in [1.54, 1.807) is 12.1 Å². The number of non-ortho nitro benzene ring substituents is 1. The number of nitro groups is 1. The third kappa shape index (κ3) is 4.94. The van der Waals surface area contributed by atoms with E-state index in [4.69, 9.17) is 4.98 Å². The molecule has 166 valence electrons. The van der Waals surface area contributed by atoms with Crippen molar-refractivity contribution in [3.05, 3.63) is 68.0 Å². The molecule has 0 atom stereocenters. The highest BCUT2D eigenvalue weighted by Gasteiger charge is 2.23. The maximum Gasteiger partial charge on any atom is 0.269 e. The smallest absolute Gasteiger partial charge is 0.269 e. The standard InChI is InChI=1S/C23H25N5O3S/c1-3-17-14-21(26-22(24-17)16-5-7-19(8-6-16)28(30)31)27-12-10-18(11-13-27)25-23(29)20-9-4-15(2)32-20/h4-9,14,18H,3,10-13H2,1-2H3,(H,25,29). The lowest BCUT2D eigenvalue weighted by atomic mass is 10.0. The maximum absolute atomic E-state index is 12.5. The molecule has 0 bridgehead atoms. The van der Waals surface area contributed by atoms with Gasteiger partial charge in [-0.25, -0.2) is 9.97 Å². The number of anilines is 1. The fourth-order valence-electron chi connectivity index (χ4n) is 3.75. The van der Waals surface area contributed by atoms with Crippen LogP contribution in [0.4, 0.5) is 11.5 Å². The molecule has 0 spiro atoms. The van der Waals surface area contributed by atoms with Crippen molar-refractivity contribution in [1.29, 1.82) is 0 Å². The molecule has 1 aliphatic rings. The van der Waals surface area contributed by atoms with E-state index in [0.29, 0.717) is 5.82 Å². The van der Waals surface area contributed by atoms with Crippen LogP contribution in [0.5, 0.6) is 0 Å². The minimum Gasteiger partial charge on any atom is -0.356 e. The molecule has 1 aliphatic heterocycles. The minimum atomic E-state index is -0.416. The van der Waals surface area contributed by atoms with Gasteiger partial charge in [-0.2, -0.15) is 0 Å². The predicted octanol–water partition coefficient (Wildman–Crippen LogP) is 4.38. The van der Waals surface area contributed by atoms with Crippen LogP contribution < -0.4 is 10.2 Å². The molecule has 1 saturated heterocycles. The van der Waals surface area contributed by atoms with Gasteiger partial charge in [0.2, 0.25) is 0 Å². The summed E-state index contributed by atoms with van der Waals surface area (Å²) in [6, 6.07) is 12.3. The predicted molar refractivity (Wildman–Crippen MR) is 125 cm³/mol. The fraction of sp³-hybridized carbons (Fsp3) is 0.348. The summed E-state index contributed by atoms with van der Waals surface area (Å²) in [7, 11) is 0. The summed E-state index contributed by atoms with van der Waals surface area (Å²) < 4.78 is 0. The van der Waals surface area contributed by atoms with Crippen molar-refractivity contribution in [3.8, 4) is 11.4 Å². The van der Waals surface area contributed by atoms with Gasteiger partial charge >= 0.3 is 0 Å². The largest absolute Gasteiger partial charge is 0.356 e. The molecule has 3 heterocycles. The van der Waals surface area contributed by atoms with Gasteiger partial charge < -0.3 is 10.2 Å². The Kier molecular flexibility index (Phi) is 6.45. The second kappa shape index (κ2) is 9.44. The van der Waals surface area contributed by atoms with E-state index in [9.17, 15) is 14.9 Å². The molecule has 1 fully saturated rings. The molecule has 0 radical (unpaired) electrons. The lowest BCUT2D eigenvalue weighted by Crippen LogP contribution is -2.44. The minimum absolute atomic E-state index is 0.00249. The Labute approximate surface area is 190 Å². The van der Waals surface area contributed by atoms with E-state index in [0.717, 1.165) is 59.2 Å². The summed E-state index contributed by atoms with van der Waals surface area (Å²) in [5.41, 5.74) is 1.72. The van der Waals surface area contributed by atoms with Gasteiger partial charge in [0.05, 0.1) is 9.80 Å². The number of nitrogens with one attached hydrogen (secondary N) is 1. The Hall–Kier alpha value is -3.33. The number of piperidine rings is 1. The van der Waals surface area contributed by atoms with Gasteiger partial charge in [0.25, 0.3) is 11.6 Å². The quantitative estimate of drug-likeness (QED) is 0.441. The summed E-state index contributed by atoms with van der Waals surface area (Å²) >= 11 is 1.51. The molecule has 2 aromatic heterocycles. The molecule has 4 rings (SSSR count). The number of hydrogen-bond donors (Lipinski definition) is 1. The molecule has 8 nitrogen and oxygen atoms in total. The van der Waals surface area contributed by atoms with Crippen molar-refractivity contribution in [2.45, 2.75) is 39.2 Å². The second-order valence-corrected chi connectivity index (χ2v) is 9.13. The third-order valence-electron chi connectivity index (χ3n) is 5.58. The van der Waals surface area contributed by atoms with Crippen molar-refractivity contribution in [2.75, 3.05) is 18.0 Å². The van der Waals surface area contributed by atoms with E-state index in [2.05, 4.69) is 15.2 Å². The van der Waals surface area contributed by atoms with Gasteiger partial charge in [0.1, 0.15) is 5.82 Å². The Bertz CT molecular complexity index is 1120. The first-order valence-electron chi connectivity index (χ1n) is 10.7. The van der Waals surface area contributed by atoms with E-state index >= 15 is 0 Å². The Balaban J connectivity index is 1.45. The zero-order valence-electron chi connectivity index (χ0n) is 18.1. The number of amides is 1. The van der Waals surface area contributed by atoms with Crippen LogP contribution in [-0.4, -0.2) is 39.9 Å². The van der Waals surface area contributed by atoms with Gasteiger partial charge in [0, 0.05) is 53.5 Å². The first-order valence-corrected chi connectivity index (χ1v) is 11.5. The molecule has 1 aromatic carbocycles. The molecular weight excluding hydrogens is 426 g/mol. The van der Waals surface area contributed by atoms with Gasteiger partial charge in [-0.15, -0.1) is 11.3 Å². The lowest BCUT2D eigenvalue weighted by Gasteiger charge is -2.33. The number of benzene rings is 1. The van der Waals surface area contributed by atoms with Crippen molar-refractivity contribution >= 4 is 28.7 Å². The highest BCUT2D eigenvalue weighted by Crippen LogP contribution is 2.25. The second-order valence-electron chi connectivity index (χ2n) is 7.84. The maximum atomic E-state index is 12.5. The van der Waals surface area contributed by atoms with Crippen LogP contribution in [-0.2, 0) is 6.42 Å². The number of nitro benzene ring substituents is 1. The van der Waals surface area contributed by atoms with Crippen LogP contribution in [0.1, 0.15) is 40.0 Å². The van der Waals surface area contributed by atoms with Crippen molar-refractivity contribution < 1.29 is 9.72 Å². The Morgan fingerprint density at radius 3 is 2.50 bits per heavy atom. The van der Waals surface area contributed by atoms with Crippen LogP contribution in [0.25, 0.3) is 11.4 Å². The van der Waals surface area contributed by atoms with E-state index in [-0.39, 0.29) is 17.6 Å². The highest BCUT2D eigenvalue weighted by molar-refractivity contribution is 7.13. The molecule has 9 heteroatoms. The molecule has 0 aliphatic carbocycles. The molecule has 32 heavy (non-hydrogen) atoms. The number of carbonyl (C=O) groups is 1. The normalized spacial score (nSPS) is 14.4. The van der Waals surface area contributed by atoms with Gasteiger partial charge in [-0.05, 0) is 50.5 Å². The summed E-state index contributed by atoms with van der Waals surface area (Å²) in [6.45, 7) is 5.61. The first-order chi connectivity index (χ1) is 15.4. The van der Waals surface area contributed by atoms with Gasteiger partial charge in [-0.1, -0.05) is 6.92 Å². The van der Waals surface area contributed by atoms with Crippen LogP contribution in [0.2, 0.25) is 0 Å². The summed E-state index contributed by atoms with van der Waals surface area (Å²) in [5.74, 6) is 1.42. The monoisotopic (exact) mass is 451 g/mol. The number of thiophene rings is 1. The zero-order chi connectivity index (χ0) is 22.7. The number of carbonyl (C=O) groups excluding carboxylic acids is 1. The Morgan fingerprint density at radius 1 is 1.19 bits per heavy atom. The number of aromatic nitrogens is 2. The zero-order valence-corrected chi connectivity index (χ0v) is 18.9. The SMILES string of the molecule is CCc1cc(N2CCC(NC(=O)c3ccc(C)s3)CC2)nc(-c2ccc([N+](=O)[O-])cc2)n1. The number of rotatable bonds is 6. The van der Waals surface area contributed by atoms with Crippen molar-refractivity contribution in [2.24, 2.45) is 0 Å². The topological polar surface area (TPSA) is 101 Å². The van der Waals surface area contributed by atoms with Crippen molar-refractivity contribution in [3.63, 3.8) is 0 Å². The molecule has 1 N–H and O–H groups in total. The summed E-state index contributed by atoms with van der Waals surface area (Å²) in [4.78, 5) is 36.4. The highest BCUT2D eigenvalue weighted by atomic mass is 32.1.